The van der Waals surface area contributed by atoms with Gasteiger partial charge in [-0.05, 0) is 25.2 Å². The van der Waals surface area contributed by atoms with Crippen LogP contribution >= 0.6 is 0 Å². The zero-order valence-corrected chi connectivity index (χ0v) is 8.33. The first kappa shape index (κ1) is 10.3. The Morgan fingerprint density at radius 1 is 1.38 bits per heavy atom. The molecular weight excluding hydrogens is 162 g/mol. The largest absolute Gasteiger partial charge is 0.369 e. The molecule has 2 N–H and O–H groups in total. The van der Waals surface area contributed by atoms with Gasteiger partial charge in [-0.1, -0.05) is 31.9 Å². The van der Waals surface area contributed by atoms with E-state index in [0.717, 1.165) is 12.8 Å². The number of hydrogen-bond donors (Lipinski definition) is 1. The van der Waals surface area contributed by atoms with Crippen molar-refractivity contribution in [1.29, 1.82) is 0 Å². The summed E-state index contributed by atoms with van der Waals surface area (Å²) in [4.78, 5) is 11.0. The molecule has 0 aromatic rings. The number of primary amides is 1. The van der Waals surface area contributed by atoms with Crippen LogP contribution in [-0.2, 0) is 4.79 Å². The molecule has 0 fully saturated rings. The van der Waals surface area contributed by atoms with Crippen LogP contribution in [0.4, 0.5) is 0 Å². The van der Waals surface area contributed by atoms with E-state index in [0.29, 0.717) is 5.92 Å². The van der Waals surface area contributed by atoms with Crippen molar-refractivity contribution in [3.8, 4) is 0 Å². The molecule has 0 saturated heterocycles. The topological polar surface area (TPSA) is 43.1 Å². The van der Waals surface area contributed by atoms with E-state index in [1.807, 2.05) is 6.08 Å². The van der Waals surface area contributed by atoms with Crippen molar-refractivity contribution >= 4 is 5.91 Å². The fourth-order valence-electron chi connectivity index (χ4n) is 1.83. The molecule has 2 atom stereocenters. The summed E-state index contributed by atoms with van der Waals surface area (Å²) in [6, 6.07) is 0. The number of carbonyl (C=O) groups is 1. The Bertz CT molecular complexity index is 198. The molecule has 1 amide bonds. The highest BCUT2D eigenvalue weighted by Gasteiger charge is 2.14. The molecule has 2 nitrogen and oxygen atoms in total. The van der Waals surface area contributed by atoms with Gasteiger partial charge in [0, 0.05) is 0 Å². The number of carbonyl (C=O) groups excluding carboxylic acids is 1. The monoisotopic (exact) mass is 181 g/mol. The van der Waals surface area contributed by atoms with Crippen molar-refractivity contribution < 1.29 is 4.79 Å². The fourth-order valence-corrected chi connectivity index (χ4v) is 1.83. The van der Waals surface area contributed by atoms with Gasteiger partial charge in [0.1, 0.15) is 0 Å². The second-order valence-corrected chi connectivity index (χ2v) is 3.85. The van der Waals surface area contributed by atoms with Crippen molar-refractivity contribution in [2.75, 3.05) is 0 Å². The predicted octanol–water partition coefficient (Wildman–Crippen LogP) is 2.24. The van der Waals surface area contributed by atoms with Gasteiger partial charge in [0.2, 0.25) is 5.91 Å². The third kappa shape index (κ3) is 3.21. The lowest BCUT2D eigenvalue weighted by atomic mass is 9.90. The number of allylic oxidation sites excluding steroid dienone is 1. The van der Waals surface area contributed by atoms with Gasteiger partial charge in [-0.3, -0.25) is 4.79 Å². The molecule has 0 spiro atoms. The third-order valence-corrected chi connectivity index (χ3v) is 2.85. The summed E-state index contributed by atoms with van der Waals surface area (Å²) < 4.78 is 0. The molecule has 0 heterocycles. The highest BCUT2D eigenvalue weighted by molar-refractivity contribution is 5.78. The average molecular weight is 181 g/mol. The Morgan fingerprint density at radius 2 is 2.08 bits per heavy atom. The van der Waals surface area contributed by atoms with Gasteiger partial charge in [-0.2, -0.15) is 0 Å². The first-order valence-corrected chi connectivity index (χ1v) is 5.21. The Labute approximate surface area is 80.2 Å². The van der Waals surface area contributed by atoms with Crippen molar-refractivity contribution in [2.24, 2.45) is 17.6 Å². The summed E-state index contributed by atoms with van der Waals surface area (Å²) in [6.45, 7) is 2.19. The van der Waals surface area contributed by atoms with Crippen LogP contribution in [0.25, 0.3) is 0 Å². The number of nitrogens with two attached hydrogens (primary N) is 1. The van der Waals surface area contributed by atoms with Gasteiger partial charge in [0.25, 0.3) is 0 Å². The van der Waals surface area contributed by atoms with Crippen LogP contribution in [0.1, 0.15) is 39.0 Å². The van der Waals surface area contributed by atoms with Crippen LogP contribution < -0.4 is 5.73 Å². The molecule has 1 aliphatic carbocycles. The van der Waals surface area contributed by atoms with Crippen molar-refractivity contribution in [2.45, 2.75) is 39.0 Å². The summed E-state index contributed by atoms with van der Waals surface area (Å²) in [5.41, 5.74) is 5.28. The molecule has 0 saturated carbocycles. The molecular formula is C11H19NO. The molecule has 0 radical (unpaired) electrons. The van der Waals surface area contributed by atoms with E-state index in [2.05, 4.69) is 13.0 Å². The first-order chi connectivity index (χ1) is 6.24. The van der Waals surface area contributed by atoms with Gasteiger partial charge in [-0.15, -0.1) is 0 Å². The van der Waals surface area contributed by atoms with Gasteiger partial charge < -0.3 is 5.73 Å². The highest BCUT2D eigenvalue weighted by Crippen LogP contribution is 2.22. The molecule has 1 aliphatic rings. The first-order valence-electron chi connectivity index (χ1n) is 5.21. The minimum absolute atomic E-state index is 0.0191. The van der Waals surface area contributed by atoms with Gasteiger partial charge in [0.15, 0.2) is 0 Å². The summed E-state index contributed by atoms with van der Waals surface area (Å²) in [6.07, 6.45) is 9.91. The molecule has 0 aromatic heterocycles. The molecule has 1 unspecified atom stereocenters. The van der Waals surface area contributed by atoms with E-state index in [1.54, 1.807) is 0 Å². The van der Waals surface area contributed by atoms with E-state index in [4.69, 9.17) is 5.73 Å². The number of amides is 1. The van der Waals surface area contributed by atoms with Gasteiger partial charge in [0.05, 0.1) is 5.92 Å². The second kappa shape index (κ2) is 5.05. The van der Waals surface area contributed by atoms with Crippen molar-refractivity contribution in [3.05, 3.63) is 12.2 Å². The Kier molecular flexibility index (Phi) is 4.00. The predicted molar refractivity (Wildman–Crippen MR) is 54.1 cm³/mol. The quantitative estimate of drug-likeness (QED) is 0.652. The Morgan fingerprint density at radius 3 is 2.69 bits per heavy atom. The SMILES string of the molecule is CCC1C=C[C@@H](C(N)=O)CCCC1. The van der Waals surface area contributed by atoms with Crippen molar-refractivity contribution in [3.63, 3.8) is 0 Å². The van der Waals surface area contributed by atoms with E-state index >= 15 is 0 Å². The normalized spacial score (nSPS) is 29.3. The zero-order valence-electron chi connectivity index (χ0n) is 8.33. The molecule has 0 aliphatic heterocycles. The standard InChI is InChI=1S/C11H19NO/c1-2-9-5-3-4-6-10(8-7-9)11(12)13/h7-10H,2-6H2,1H3,(H2,12,13)/t9?,10-/m0/s1. The van der Waals surface area contributed by atoms with E-state index in [-0.39, 0.29) is 11.8 Å². The molecule has 2 heteroatoms. The molecule has 13 heavy (non-hydrogen) atoms. The molecule has 0 aromatic carbocycles. The third-order valence-electron chi connectivity index (χ3n) is 2.85. The van der Waals surface area contributed by atoms with Gasteiger partial charge >= 0.3 is 0 Å². The maximum atomic E-state index is 11.0. The average Bonchev–Trinajstić information content (AvgIpc) is 2.03. The van der Waals surface area contributed by atoms with Gasteiger partial charge in [-0.25, -0.2) is 0 Å². The molecule has 1 rings (SSSR count). The summed E-state index contributed by atoms with van der Waals surface area (Å²) in [7, 11) is 0. The lowest BCUT2D eigenvalue weighted by Gasteiger charge is -2.16. The van der Waals surface area contributed by atoms with Crippen LogP contribution in [0.15, 0.2) is 12.2 Å². The zero-order chi connectivity index (χ0) is 9.68. The van der Waals surface area contributed by atoms with Crippen LogP contribution in [-0.4, -0.2) is 5.91 Å². The highest BCUT2D eigenvalue weighted by atomic mass is 16.1. The lowest BCUT2D eigenvalue weighted by Crippen LogP contribution is -2.22. The second-order valence-electron chi connectivity index (χ2n) is 3.85. The maximum absolute atomic E-state index is 11.0. The number of hydrogen-bond acceptors (Lipinski definition) is 1. The Hall–Kier alpha value is -0.790. The van der Waals surface area contributed by atoms with Crippen molar-refractivity contribution in [1.82, 2.24) is 0 Å². The number of rotatable bonds is 2. The van der Waals surface area contributed by atoms with Crippen LogP contribution in [0.3, 0.4) is 0 Å². The van der Waals surface area contributed by atoms with E-state index in [9.17, 15) is 4.79 Å². The van der Waals surface area contributed by atoms with E-state index < -0.39 is 0 Å². The molecule has 0 bridgehead atoms. The summed E-state index contributed by atoms with van der Waals surface area (Å²) in [5.74, 6) is 0.463. The summed E-state index contributed by atoms with van der Waals surface area (Å²) in [5, 5.41) is 0. The Balaban J connectivity index is 2.58. The minimum atomic E-state index is -0.173. The smallest absolute Gasteiger partial charge is 0.224 e. The molecule has 74 valence electrons. The fraction of sp³-hybridized carbons (Fsp3) is 0.727. The van der Waals surface area contributed by atoms with Crippen LogP contribution in [0.5, 0.6) is 0 Å². The van der Waals surface area contributed by atoms with Crippen LogP contribution in [0.2, 0.25) is 0 Å². The minimum Gasteiger partial charge on any atom is -0.369 e. The lowest BCUT2D eigenvalue weighted by molar-refractivity contribution is -0.120. The van der Waals surface area contributed by atoms with Crippen LogP contribution in [0, 0.1) is 11.8 Å². The summed E-state index contributed by atoms with van der Waals surface area (Å²) >= 11 is 0. The van der Waals surface area contributed by atoms with E-state index in [1.165, 1.54) is 19.3 Å². The maximum Gasteiger partial charge on any atom is 0.224 e.